The molecule has 0 aliphatic rings. The second-order valence-corrected chi connectivity index (χ2v) is 11.0. The van der Waals surface area contributed by atoms with Crippen molar-refractivity contribution in [1.82, 2.24) is 14.1 Å². The van der Waals surface area contributed by atoms with Crippen LogP contribution >= 0.6 is 11.3 Å². The summed E-state index contributed by atoms with van der Waals surface area (Å²) in [4.78, 5) is 5.39. The Balaban J connectivity index is 1.29. The molecule has 10 heteroatoms. The Kier molecular flexibility index (Phi) is 7.16. The third-order valence-corrected chi connectivity index (χ3v) is 7.87. The number of alkyl halides is 3. The molecule has 0 saturated carbocycles. The summed E-state index contributed by atoms with van der Waals surface area (Å²) >= 11 is 1.55. The van der Waals surface area contributed by atoms with Crippen molar-refractivity contribution < 1.29 is 17.9 Å². The van der Waals surface area contributed by atoms with Gasteiger partial charge < -0.3 is 4.74 Å². The smallest absolute Gasteiger partial charge is 0.406 e. The van der Waals surface area contributed by atoms with E-state index in [0.717, 1.165) is 43.6 Å². The van der Waals surface area contributed by atoms with Gasteiger partial charge in [-0.1, -0.05) is 50.2 Å². The van der Waals surface area contributed by atoms with Gasteiger partial charge in [-0.25, -0.2) is 4.98 Å². The van der Waals surface area contributed by atoms with Gasteiger partial charge in [0.2, 0.25) is 4.80 Å². The van der Waals surface area contributed by atoms with Crippen LogP contribution in [0.5, 0.6) is 5.75 Å². The van der Waals surface area contributed by atoms with Crippen LogP contribution in [0.1, 0.15) is 36.6 Å². The summed E-state index contributed by atoms with van der Waals surface area (Å²) in [6.07, 6.45) is -1.33. The van der Waals surface area contributed by atoms with Crippen LogP contribution in [0.3, 0.4) is 0 Å². The first-order valence-corrected chi connectivity index (χ1v) is 14.2. The molecule has 6 nitrogen and oxygen atoms in total. The number of thiazole rings is 1. The zero-order valence-electron chi connectivity index (χ0n) is 23.0. The van der Waals surface area contributed by atoms with Crippen LogP contribution < -0.4 is 9.54 Å². The van der Waals surface area contributed by atoms with E-state index in [1.54, 1.807) is 36.0 Å². The molecule has 0 bridgehead atoms. The third-order valence-electron chi connectivity index (χ3n) is 6.93. The highest BCUT2D eigenvalue weighted by molar-refractivity contribution is 7.07. The van der Waals surface area contributed by atoms with E-state index in [-0.39, 0.29) is 5.75 Å². The second-order valence-electron chi connectivity index (χ2n) is 10.1. The molecular weight excluding hydrogens is 559 g/mol. The number of benzene rings is 4. The molecule has 0 unspecified atom stereocenters. The standard InChI is InChI=1S/C32H26F3N5OS/c1-20(2)26-6-4-5-7-28(26)40-21(3)18-42-31(40)38-37-17-22-8-14-27-23(16-22)9-15-29-30(27)36-19-39(29)24-10-12-25(13-11-24)41-32(33,34)35/h4-20H,1-3H3. The number of aromatic nitrogens is 3. The zero-order chi connectivity index (χ0) is 29.4. The van der Waals surface area contributed by atoms with Gasteiger partial charge in [-0.3, -0.25) is 9.13 Å². The van der Waals surface area contributed by atoms with Crippen molar-refractivity contribution in [3.63, 3.8) is 0 Å². The molecule has 0 amide bonds. The number of hydrogen-bond donors (Lipinski definition) is 0. The highest BCUT2D eigenvalue weighted by atomic mass is 32.1. The minimum Gasteiger partial charge on any atom is -0.406 e. The van der Waals surface area contributed by atoms with Crippen LogP contribution in [0.25, 0.3) is 33.2 Å². The molecule has 0 spiro atoms. The van der Waals surface area contributed by atoms with Crippen LogP contribution in [0.2, 0.25) is 0 Å². The number of aryl methyl sites for hydroxylation is 1. The number of fused-ring (bicyclic) bond motifs is 3. The van der Waals surface area contributed by atoms with E-state index in [1.165, 1.54) is 17.7 Å². The topological polar surface area (TPSA) is 56.7 Å². The molecule has 0 aliphatic carbocycles. The molecule has 0 saturated heterocycles. The molecule has 2 heterocycles. The van der Waals surface area contributed by atoms with Gasteiger partial charge in [-0.2, -0.15) is 5.10 Å². The average molecular weight is 586 g/mol. The lowest BCUT2D eigenvalue weighted by Gasteiger charge is -2.14. The fourth-order valence-electron chi connectivity index (χ4n) is 5.00. The molecule has 6 aromatic rings. The van der Waals surface area contributed by atoms with E-state index >= 15 is 0 Å². The van der Waals surface area contributed by atoms with Crippen LogP contribution in [0.4, 0.5) is 13.2 Å². The summed E-state index contributed by atoms with van der Waals surface area (Å²) < 4.78 is 45.5. The van der Waals surface area contributed by atoms with E-state index in [0.29, 0.717) is 11.6 Å². The van der Waals surface area contributed by atoms with Crippen molar-refractivity contribution >= 4 is 39.4 Å². The Bertz CT molecular complexity index is 2000. The summed E-state index contributed by atoms with van der Waals surface area (Å²) in [5.74, 6) is 0.102. The number of rotatable bonds is 6. The largest absolute Gasteiger partial charge is 0.573 e. The van der Waals surface area contributed by atoms with Crippen LogP contribution in [-0.4, -0.2) is 26.7 Å². The molecule has 6 rings (SSSR count). The van der Waals surface area contributed by atoms with E-state index in [2.05, 4.69) is 68.8 Å². The lowest BCUT2D eigenvalue weighted by molar-refractivity contribution is -0.274. The maximum atomic E-state index is 12.5. The third kappa shape index (κ3) is 5.45. The first kappa shape index (κ1) is 27.5. The van der Waals surface area contributed by atoms with Gasteiger partial charge in [0.25, 0.3) is 0 Å². The number of halogens is 3. The number of hydrogen-bond acceptors (Lipinski definition) is 5. The van der Waals surface area contributed by atoms with Crippen molar-refractivity contribution in [2.24, 2.45) is 10.2 Å². The van der Waals surface area contributed by atoms with E-state index in [1.807, 2.05) is 41.0 Å². The maximum Gasteiger partial charge on any atom is 0.573 e. The molecule has 0 radical (unpaired) electrons. The summed E-state index contributed by atoms with van der Waals surface area (Å²) in [6, 6.07) is 24.0. The normalized spacial score (nSPS) is 12.8. The van der Waals surface area contributed by atoms with E-state index in [9.17, 15) is 13.2 Å². The summed E-state index contributed by atoms with van der Waals surface area (Å²) in [6.45, 7) is 6.43. The molecule has 42 heavy (non-hydrogen) atoms. The maximum absolute atomic E-state index is 12.5. The minimum absolute atomic E-state index is 0.272. The fraction of sp³-hybridized carbons (Fsp3) is 0.156. The van der Waals surface area contributed by atoms with Gasteiger partial charge >= 0.3 is 6.36 Å². The molecule has 0 N–H and O–H groups in total. The quantitative estimate of drug-likeness (QED) is 0.146. The zero-order valence-corrected chi connectivity index (χ0v) is 23.8. The molecular formula is C32H26F3N5OS. The van der Waals surface area contributed by atoms with Crippen molar-refractivity contribution in [2.75, 3.05) is 0 Å². The Labute approximate surface area is 243 Å². The lowest BCUT2D eigenvalue weighted by atomic mass is 10.0. The number of ether oxygens (including phenoxy) is 1. The Morgan fingerprint density at radius 2 is 1.76 bits per heavy atom. The van der Waals surface area contributed by atoms with Gasteiger partial charge in [0, 0.05) is 22.1 Å². The minimum atomic E-state index is -4.73. The Hall–Kier alpha value is -4.70. The van der Waals surface area contributed by atoms with Gasteiger partial charge in [0.1, 0.15) is 12.1 Å². The SMILES string of the molecule is Cc1csc(=NN=Cc2ccc3c(ccc4c3ncn4-c3ccc(OC(F)(F)F)cc3)c2)n1-c1ccccc1C(C)C. The van der Waals surface area contributed by atoms with Crippen molar-refractivity contribution in [3.8, 4) is 17.1 Å². The molecule has 4 aromatic carbocycles. The van der Waals surface area contributed by atoms with Crippen molar-refractivity contribution in [3.05, 3.63) is 112 Å². The molecule has 0 aliphatic heterocycles. The lowest BCUT2D eigenvalue weighted by Crippen LogP contribution is -2.17. The van der Waals surface area contributed by atoms with Crippen LogP contribution in [0, 0.1) is 6.92 Å². The first-order valence-electron chi connectivity index (χ1n) is 13.3. The summed E-state index contributed by atoms with van der Waals surface area (Å²) in [5.41, 5.74) is 6.65. The molecule has 2 aromatic heterocycles. The van der Waals surface area contributed by atoms with Gasteiger partial charge in [-0.05, 0) is 71.8 Å². The van der Waals surface area contributed by atoms with E-state index in [4.69, 9.17) is 0 Å². The number of para-hydroxylation sites is 1. The van der Waals surface area contributed by atoms with Crippen molar-refractivity contribution in [2.45, 2.75) is 33.1 Å². The van der Waals surface area contributed by atoms with E-state index < -0.39 is 6.36 Å². The number of nitrogens with zero attached hydrogens (tertiary/aromatic N) is 5. The monoisotopic (exact) mass is 585 g/mol. The predicted octanol–water partition coefficient (Wildman–Crippen LogP) is 8.30. The Morgan fingerprint density at radius 1 is 0.976 bits per heavy atom. The Morgan fingerprint density at radius 3 is 2.52 bits per heavy atom. The van der Waals surface area contributed by atoms with Gasteiger partial charge in [0.15, 0.2) is 0 Å². The van der Waals surface area contributed by atoms with Crippen LogP contribution in [0.15, 0.2) is 101 Å². The summed E-state index contributed by atoms with van der Waals surface area (Å²) in [5, 5.41) is 13.0. The summed E-state index contributed by atoms with van der Waals surface area (Å²) in [7, 11) is 0. The average Bonchev–Trinajstić information content (AvgIpc) is 3.56. The fourth-order valence-corrected chi connectivity index (χ4v) is 5.83. The number of imidazole rings is 1. The van der Waals surface area contributed by atoms with Gasteiger partial charge in [-0.15, -0.1) is 29.6 Å². The second kappa shape index (κ2) is 10.9. The first-order chi connectivity index (χ1) is 20.2. The van der Waals surface area contributed by atoms with Crippen molar-refractivity contribution in [1.29, 1.82) is 0 Å². The highest BCUT2D eigenvalue weighted by Gasteiger charge is 2.31. The molecule has 0 atom stereocenters. The molecule has 212 valence electrons. The van der Waals surface area contributed by atoms with Gasteiger partial charge in [0.05, 0.1) is 22.9 Å². The van der Waals surface area contributed by atoms with Crippen LogP contribution in [-0.2, 0) is 0 Å². The highest BCUT2D eigenvalue weighted by Crippen LogP contribution is 2.29. The molecule has 0 fully saturated rings. The predicted molar refractivity (Wildman–Crippen MR) is 161 cm³/mol.